The third-order valence-electron chi connectivity index (χ3n) is 4.66. The molecule has 3 rings (SSSR count). The molecule has 2 aromatic rings. The van der Waals surface area contributed by atoms with Gasteiger partial charge in [-0.05, 0) is 35.0 Å². The van der Waals surface area contributed by atoms with Crippen molar-refractivity contribution in [2.75, 3.05) is 39.8 Å². The molecule has 1 unspecified atom stereocenters. The maximum Gasteiger partial charge on any atom is 0.315 e. The number of rotatable bonds is 6. The maximum absolute atomic E-state index is 12.2. The van der Waals surface area contributed by atoms with Crippen LogP contribution in [0.15, 0.2) is 47.2 Å². The van der Waals surface area contributed by atoms with Crippen LogP contribution in [0.4, 0.5) is 4.79 Å². The second-order valence-corrected chi connectivity index (χ2v) is 7.24. The molecule has 5 nitrogen and oxygen atoms in total. The molecule has 134 valence electrons. The van der Waals surface area contributed by atoms with Gasteiger partial charge in [0.05, 0.1) is 6.04 Å². The summed E-state index contributed by atoms with van der Waals surface area (Å²) in [6.07, 6.45) is 0. The summed E-state index contributed by atoms with van der Waals surface area (Å²) >= 11 is 1.71. The van der Waals surface area contributed by atoms with E-state index in [1.807, 2.05) is 30.3 Å². The Bertz CT molecular complexity index is 639. The van der Waals surface area contributed by atoms with E-state index in [4.69, 9.17) is 0 Å². The average molecular weight is 359 g/mol. The van der Waals surface area contributed by atoms with E-state index < -0.39 is 0 Å². The number of carbonyl (C=O) groups is 1. The van der Waals surface area contributed by atoms with E-state index in [0.717, 1.165) is 31.7 Å². The van der Waals surface area contributed by atoms with Crippen LogP contribution in [0.25, 0.3) is 0 Å². The zero-order chi connectivity index (χ0) is 17.5. The summed E-state index contributed by atoms with van der Waals surface area (Å²) in [6.45, 7) is 5.38. The largest absolute Gasteiger partial charge is 0.336 e. The number of amides is 2. The fourth-order valence-electron chi connectivity index (χ4n) is 3.09. The molecule has 1 aliphatic rings. The lowest BCUT2D eigenvalue weighted by atomic mass is 10.1. The van der Waals surface area contributed by atoms with E-state index in [1.54, 1.807) is 11.3 Å². The minimum Gasteiger partial charge on any atom is -0.336 e. The Hall–Kier alpha value is -1.89. The first-order valence-electron chi connectivity index (χ1n) is 8.72. The zero-order valence-electron chi connectivity index (χ0n) is 14.6. The summed E-state index contributed by atoms with van der Waals surface area (Å²) < 4.78 is 0. The lowest BCUT2D eigenvalue weighted by Gasteiger charge is -2.38. The lowest BCUT2D eigenvalue weighted by molar-refractivity contribution is 0.111. The first-order chi connectivity index (χ1) is 12.2. The van der Waals surface area contributed by atoms with Crippen molar-refractivity contribution in [3.63, 3.8) is 0 Å². The molecule has 1 saturated heterocycles. The van der Waals surface area contributed by atoms with E-state index in [9.17, 15) is 4.79 Å². The highest BCUT2D eigenvalue weighted by Gasteiger charge is 2.24. The molecule has 0 bridgehead atoms. The van der Waals surface area contributed by atoms with Crippen molar-refractivity contribution in [3.05, 3.63) is 58.3 Å². The topological polar surface area (TPSA) is 47.6 Å². The SMILES string of the molecule is CN1CCN(C(CNC(=O)NCc2ccccc2)c2ccsc2)CC1. The molecule has 1 fully saturated rings. The molecule has 2 N–H and O–H groups in total. The second-order valence-electron chi connectivity index (χ2n) is 6.46. The number of urea groups is 1. The third kappa shape index (κ3) is 5.29. The summed E-state index contributed by atoms with van der Waals surface area (Å²) in [5.74, 6) is 0. The average Bonchev–Trinajstić information content (AvgIpc) is 3.17. The summed E-state index contributed by atoms with van der Waals surface area (Å²) in [5.41, 5.74) is 2.39. The molecule has 0 aliphatic carbocycles. The number of nitrogens with zero attached hydrogens (tertiary/aromatic N) is 2. The van der Waals surface area contributed by atoms with Gasteiger partial charge >= 0.3 is 6.03 Å². The van der Waals surface area contributed by atoms with Crippen molar-refractivity contribution in [2.24, 2.45) is 0 Å². The summed E-state index contributed by atoms with van der Waals surface area (Å²) in [4.78, 5) is 17.0. The monoisotopic (exact) mass is 358 g/mol. The van der Waals surface area contributed by atoms with Crippen LogP contribution in [0.5, 0.6) is 0 Å². The Balaban J connectivity index is 1.52. The number of hydrogen-bond acceptors (Lipinski definition) is 4. The first kappa shape index (κ1) is 17.9. The van der Waals surface area contributed by atoms with Gasteiger partial charge in [-0.1, -0.05) is 30.3 Å². The van der Waals surface area contributed by atoms with Gasteiger partial charge in [-0.15, -0.1) is 0 Å². The molecule has 2 amide bonds. The smallest absolute Gasteiger partial charge is 0.315 e. The van der Waals surface area contributed by atoms with Crippen molar-refractivity contribution in [1.29, 1.82) is 0 Å². The molecule has 1 aromatic heterocycles. The van der Waals surface area contributed by atoms with Crippen LogP contribution in [0.1, 0.15) is 17.2 Å². The van der Waals surface area contributed by atoms with Crippen LogP contribution < -0.4 is 10.6 Å². The third-order valence-corrected chi connectivity index (χ3v) is 5.36. The fraction of sp³-hybridized carbons (Fsp3) is 0.421. The molecule has 0 spiro atoms. The zero-order valence-corrected chi connectivity index (χ0v) is 15.5. The number of carbonyl (C=O) groups excluding carboxylic acids is 1. The van der Waals surface area contributed by atoms with Gasteiger partial charge in [0.15, 0.2) is 0 Å². The van der Waals surface area contributed by atoms with Gasteiger partial charge < -0.3 is 15.5 Å². The molecule has 2 heterocycles. The van der Waals surface area contributed by atoms with Gasteiger partial charge in [-0.3, -0.25) is 4.90 Å². The minimum atomic E-state index is -0.113. The van der Waals surface area contributed by atoms with Crippen molar-refractivity contribution < 1.29 is 4.79 Å². The van der Waals surface area contributed by atoms with Crippen molar-refractivity contribution in [2.45, 2.75) is 12.6 Å². The highest BCUT2D eigenvalue weighted by molar-refractivity contribution is 7.07. The highest BCUT2D eigenvalue weighted by Crippen LogP contribution is 2.23. The van der Waals surface area contributed by atoms with Crippen LogP contribution in [0, 0.1) is 0 Å². The van der Waals surface area contributed by atoms with Gasteiger partial charge in [0.25, 0.3) is 0 Å². The second kappa shape index (κ2) is 8.99. The van der Waals surface area contributed by atoms with Gasteiger partial charge in [-0.25, -0.2) is 4.79 Å². The number of thiophene rings is 1. The Morgan fingerprint density at radius 1 is 1.12 bits per heavy atom. The number of hydrogen-bond donors (Lipinski definition) is 2. The Kier molecular flexibility index (Phi) is 6.44. The molecule has 25 heavy (non-hydrogen) atoms. The number of benzene rings is 1. The maximum atomic E-state index is 12.2. The normalized spacial score (nSPS) is 17.2. The van der Waals surface area contributed by atoms with Crippen molar-refractivity contribution in [1.82, 2.24) is 20.4 Å². The molecule has 6 heteroatoms. The lowest BCUT2D eigenvalue weighted by Crippen LogP contribution is -2.49. The number of likely N-dealkylation sites (N-methyl/N-ethyl adjacent to an activating group) is 1. The van der Waals surface area contributed by atoms with Crippen LogP contribution in [-0.2, 0) is 6.54 Å². The molecule has 0 saturated carbocycles. The molecule has 0 radical (unpaired) electrons. The van der Waals surface area contributed by atoms with E-state index >= 15 is 0 Å². The van der Waals surface area contributed by atoms with Crippen LogP contribution in [0.3, 0.4) is 0 Å². The fourth-order valence-corrected chi connectivity index (χ4v) is 3.79. The van der Waals surface area contributed by atoms with Crippen LogP contribution in [0.2, 0.25) is 0 Å². The molecular weight excluding hydrogens is 332 g/mol. The molecular formula is C19H26N4OS. The predicted octanol–water partition coefficient (Wildman–Crippen LogP) is 2.54. The standard InChI is InChI=1S/C19H26N4OS/c1-22-8-10-23(11-9-22)18(17-7-12-25-15-17)14-21-19(24)20-13-16-5-3-2-4-6-16/h2-7,12,15,18H,8-11,13-14H2,1H3,(H2,20,21,24). The van der Waals surface area contributed by atoms with E-state index in [-0.39, 0.29) is 12.1 Å². The van der Waals surface area contributed by atoms with E-state index in [2.05, 4.69) is 44.3 Å². The van der Waals surface area contributed by atoms with Gasteiger partial charge in [0.1, 0.15) is 0 Å². The van der Waals surface area contributed by atoms with Gasteiger partial charge in [0.2, 0.25) is 0 Å². The highest BCUT2D eigenvalue weighted by atomic mass is 32.1. The van der Waals surface area contributed by atoms with Crippen molar-refractivity contribution >= 4 is 17.4 Å². The molecule has 1 aliphatic heterocycles. The van der Waals surface area contributed by atoms with Gasteiger partial charge in [0, 0.05) is 39.3 Å². The van der Waals surface area contributed by atoms with Gasteiger partial charge in [-0.2, -0.15) is 11.3 Å². The molecule has 1 aromatic carbocycles. The van der Waals surface area contributed by atoms with Crippen LogP contribution >= 0.6 is 11.3 Å². The van der Waals surface area contributed by atoms with E-state index in [1.165, 1.54) is 5.56 Å². The Morgan fingerprint density at radius 3 is 2.56 bits per heavy atom. The predicted molar refractivity (Wildman–Crippen MR) is 103 cm³/mol. The van der Waals surface area contributed by atoms with E-state index in [0.29, 0.717) is 13.1 Å². The summed E-state index contributed by atoms with van der Waals surface area (Å²) in [7, 11) is 2.16. The first-order valence-corrected chi connectivity index (χ1v) is 9.67. The Morgan fingerprint density at radius 2 is 1.88 bits per heavy atom. The molecule has 1 atom stereocenters. The quantitative estimate of drug-likeness (QED) is 0.834. The Labute approximate surface area is 153 Å². The summed E-state index contributed by atoms with van der Waals surface area (Å²) in [6, 6.07) is 12.3. The number of piperazine rings is 1. The van der Waals surface area contributed by atoms with Crippen LogP contribution in [-0.4, -0.2) is 55.6 Å². The number of nitrogens with one attached hydrogen (secondary N) is 2. The van der Waals surface area contributed by atoms with Crippen molar-refractivity contribution in [3.8, 4) is 0 Å². The summed E-state index contributed by atoms with van der Waals surface area (Å²) in [5, 5.41) is 10.3. The minimum absolute atomic E-state index is 0.113.